The van der Waals surface area contributed by atoms with Crippen LogP contribution in [0.2, 0.25) is 0 Å². The number of thiophene rings is 1. The maximum Gasteiger partial charge on any atom is 0.0713 e. The van der Waals surface area contributed by atoms with Gasteiger partial charge in [-0.3, -0.25) is 4.98 Å². The van der Waals surface area contributed by atoms with E-state index in [0.29, 0.717) is 16.8 Å². The quantitative estimate of drug-likeness (QED) is 0.641. The van der Waals surface area contributed by atoms with Gasteiger partial charge in [0, 0.05) is 26.8 Å². The fraction of sp³-hybridized carbons (Fsp3) is 0.0625. The normalized spacial score (nSPS) is 13.7. The molecule has 0 radical (unpaired) electrons. The molecule has 3 aromatic rings. The van der Waals surface area contributed by atoms with Crippen LogP contribution in [0, 0.1) is 6.85 Å². The first kappa shape index (κ1) is 8.22. The molecule has 0 bridgehead atoms. The van der Waals surface area contributed by atoms with Gasteiger partial charge in [-0.1, -0.05) is 30.3 Å². The lowest BCUT2D eigenvalue weighted by atomic mass is 10.0. The monoisotopic (exact) mass is 254 g/mol. The Morgan fingerprint density at radius 1 is 1.11 bits per heavy atom. The highest BCUT2D eigenvalue weighted by molar-refractivity contribution is 7.08. The highest BCUT2D eigenvalue weighted by Gasteiger charge is 2.05. The predicted molar refractivity (Wildman–Crippen MR) is 77.7 cm³/mol. The van der Waals surface area contributed by atoms with Crippen LogP contribution in [-0.4, -0.2) is 4.98 Å². The Hall–Kier alpha value is -1.93. The van der Waals surface area contributed by atoms with E-state index in [9.17, 15) is 0 Å². The van der Waals surface area contributed by atoms with Crippen LogP contribution in [0.3, 0.4) is 0 Å². The number of benzene rings is 1. The van der Waals surface area contributed by atoms with Crippen LogP contribution < -0.4 is 0 Å². The van der Waals surface area contributed by atoms with E-state index < -0.39 is 6.85 Å². The molecular weight excluding hydrogens is 238 g/mol. The van der Waals surface area contributed by atoms with Crippen molar-refractivity contribution in [2.45, 2.75) is 6.85 Å². The largest absolute Gasteiger partial charge is 0.256 e. The molecule has 1 nitrogen and oxygen atoms in total. The fourth-order valence-electron chi connectivity index (χ4n) is 1.87. The van der Waals surface area contributed by atoms with Gasteiger partial charge in [-0.2, -0.15) is 11.3 Å². The van der Waals surface area contributed by atoms with Gasteiger partial charge < -0.3 is 0 Å². The number of hydrogen-bond acceptors (Lipinski definition) is 2. The van der Waals surface area contributed by atoms with Crippen LogP contribution in [-0.2, 0) is 0 Å². The first-order chi connectivity index (χ1) is 10.1. The predicted octanol–water partition coefficient (Wildman–Crippen LogP) is 4.79. The third-order valence-electron chi connectivity index (χ3n) is 2.81. The zero-order valence-corrected chi connectivity index (χ0v) is 10.4. The molecule has 2 aromatic heterocycles. The SMILES string of the molecule is [2H]C([2H])([2H])c1cc(-c2ccsc2)ncc1-c1ccccc1. The molecule has 2 heterocycles. The van der Waals surface area contributed by atoms with E-state index in [0.717, 1.165) is 11.1 Å². The lowest BCUT2D eigenvalue weighted by Gasteiger charge is -2.07. The van der Waals surface area contributed by atoms with E-state index in [2.05, 4.69) is 4.98 Å². The van der Waals surface area contributed by atoms with Crippen molar-refractivity contribution in [3.8, 4) is 22.4 Å². The van der Waals surface area contributed by atoms with Crippen LogP contribution in [0.1, 0.15) is 9.68 Å². The van der Waals surface area contributed by atoms with E-state index in [4.69, 9.17) is 4.11 Å². The summed E-state index contributed by atoms with van der Waals surface area (Å²) >= 11 is 1.57. The summed E-state index contributed by atoms with van der Waals surface area (Å²) in [4.78, 5) is 4.43. The van der Waals surface area contributed by atoms with Crippen LogP contribution in [0.25, 0.3) is 22.4 Å². The third-order valence-corrected chi connectivity index (χ3v) is 3.49. The van der Waals surface area contributed by atoms with E-state index in [-0.39, 0.29) is 0 Å². The molecule has 0 aliphatic carbocycles. The van der Waals surface area contributed by atoms with E-state index in [1.165, 1.54) is 0 Å². The van der Waals surface area contributed by atoms with Gasteiger partial charge in [0.25, 0.3) is 0 Å². The highest BCUT2D eigenvalue weighted by Crippen LogP contribution is 2.27. The maximum absolute atomic E-state index is 7.79. The minimum absolute atomic E-state index is 0.338. The second-order valence-corrected chi connectivity index (χ2v) is 4.77. The molecule has 18 heavy (non-hydrogen) atoms. The van der Waals surface area contributed by atoms with Gasteiger partial charge in [0.05, 0.1) is 5.69 Å². The minimum atomic E-state index is -2.17. The molecule has 0 saturated heterocycles. The molecule has 0 atom stereocenters. The van der Waals surface area contributed by atoms with Crippen LogP contribution in [0.4, 0.5) is 0 Å². The molecular formula is C16H13NS. The van der Waals surface area contributed by atoms with Gasteiger partial charge in [-0.15, -0.1) is 0 Å². The van der Waals surface area contributed by atoms with Crippen molar-refractivity contribution in [3.05, 3.63) is 65.0 Å². The number of hydrogen-bond donors (Lipinski definition) is 0. The number of pyridine rings is 1. The molecule has 0 N–H and O–H groups in total. The number of aromatic nitrogens is 1. The van der Waals surface area contributed by atoms with Gasteiger partial charge in [0.2, 0.25) is 0 Å². The van der Waals surface area contributed by atoms with E-state index in [1.807, 2.05) is 47.2 Å². The Balaban J connectivity index is 2.18. The first-order valence-corrected chi connectivity index (χ1v) is 6.58. The van der Waals surface area contributed by atoms with Crippen LogP contribution in [0.15, 0.2) is 59.4 Å². The lowest BCUT2D eigenvalue weighted by Crippen LogP contribution is -1.88. The summed E-state index contributed by atoms with van der Waals surface area (Å²) in [5.74, 6) is 0. The second kappa shape index (κ2) is 4.75. The van der Waals surface area contributed by atoms with Gasteiger partial charge in [-0.25, -0.2) is 0 Å². The van der Waals surface area contributed by atoms with Gasteiger partial charge >= 0.3 is 0 Å². The first-order valence-electron chi connectivity index (χ1n) is 7.14. The Kier molecular flexibility index (Phi) is 2.17. The van der Waals surface area contributed by atoms with Crippen LogP contribution in [0.5, 0.6) is 0 Å². The van der Waals surface area contributed by atoms with Crippen molar-refractivity contribution in [1.82, 2.24) is 4.98 Å². The van der Waals surface area contributed by atoms with Gasteiger partial charge in [0.1, 0.15) is 0 Å². The third kappa shape index (κ3) is 2.07. The minimum Gasteiger partial charge on any atom is -0.256 e. The molecule has 0 amide bonds. The molecule has 0 spiro atoms. The Labute approximate surface area is 115 Å². The maximum atomic E-state index is 7.79. The Bertz CT molecular complexity index is 734. The summed E-state index contributed by atoms with van der Waals surface area (Å²) < 4.78 is 23.4. The fourth-order valence-corrected chi connectivity index (χ4v) is 2.52. The van der Waals surface area contributed by atoms with Crippen molar-refractivity contribution >= 4 is 11.3 Å². The number of nitrogens with zero attached hydrogens (tertiary/aromatic N) is 1. The molecule has 0 aliphatic heterocycles. The molecule has 88 valence electrons. The molecule has 0 saturated carbocycles. The summed E-state index contributed by atoms with van der Waals surface area (Å²) in [5.41, 5.74) is 3.51. The summed E-state index contributed by atoms with van der Waals surface area (Å²) in [6.07, 6.45) is 1.66. The molecule has 2 heteroatoms. The summed E-state index contributed by atoms with van der Waals surface area (Å²) in [6.45, 7) is -2.17. The zero-order valence-electron chi connectivity index (χ0n) is 12.6. The van der Waals surface area contributed by atoms with E-state index >= 15 is 0 Å². The second-order valence-electron chi connectivity index (χ2n) is 3.99. The van der Waals surface area contributed by atoms with E-state index in [1.54, 1.807) is 23.6 Å². The average molecular weight is 254 g/mol. The molecule has 3 rings (SSSR count). The smallest absolute Gasteiger partial charge is 0.0713 e. The summed E-state index contributed by atoms with van der Waals surface area (Å²) in [5, 5.41) is 3.92. The Morgan fingerprint density at radius 2 is 2.00 bits per heavy atom. The lowest BCUT2D eigenvalue weighted by molar-refractivity contribution is 1.29. The van der Waals surface area contributed by atoms with Crippen molar-refractivity contribution in [3.63, 3.8) is 0 Å². The highest BCUT2D eigenvalue weighted by atomic mass is 32.1. The molecule has 0 aliphatic rings. The van der Waals surface area contributed by atoms with Crippen LogP contribution >= 0.6 is 11.3 Å². The topological polar surface area (TPSA) is 12.9 Å². The number of aryl methyl sites for hydroxylation is 1. The summed E-state index contributed by atoms with van der Waals surface area (Å²) in [7, 11) is 0. The van der Waals surface area contributed by atoms with Gasteiger partial charge in [0.15, 0.2) is 0 Å². The molecule has 0 unspecified atom stereocenters. The molecule has 1 aromatic carbocycles. The van der Waals surface area contributed by atoms with Crippen molar-refractivity contribution < 1.29 is 4.11 Å². The van der Waals surface area contributed by atoms with Gasteiger partial charge in [-0.05, 0) is 35.5 Å². The van der Waals surface area contributed by atoms with Crippen molar-refractivity contribution in [2.75, 3.05) is 0 Å². The zero-order chi connectivity index (χ0) is 14.9. The molecule has 0 fully saturated rings. The van der Waals surface area contributed by atoms with Crippen molar-refractivity contribution in [2.24, 2.45) is 0 Å². The Morgan fingerprint density at radius 3 is 2.72 bits per heavy atom. The summed E-state index contributed by atoms with van der Waals surface area (Å²) in [6, 6.07) is 13.1. The van der Waals surface area contributed by atoms with Crippen molar-refractivity contribution in [1.29, 1.82) is 0 Å². The standard InChI is InChI=1S/C16H13NS/c1-12-9-16(14-7-8-18-11-14)17-10-15(12)13-5-3-2-4-6-13/h2-11H,1H3/i1D3. The number of rotatable bonds is 2. The average Bonchev–Trinajstić information content (AvgIpc) is 3.01.